The van der Waals surface area contributed by atoms with Crippen LogP contribution in [0.25, 0.3) is 0 Å². The van der Waals surface area contributed by atoms with E-state index >= 15 is 0 Å². The number of hydrogen-bond acceptors (Lipinski definition) is 6. The van der Waals surface area contributed by atoms with Crippen molar-refractivity contribution in [3.63, 3.8) is 0 Å². The number of methoxy groups -OCH3 is 2. The second-order valence-corrected chi connectivity index (χ2v) is 5.54. The third-order valence-electron chi connectivity index (χ3n) is 3.83. The van der Waals surface area contributed by atoms with Gasteiger partial charge < -0.3 is 25.1 Å². The molecule has 0 saturated heterocycles. The number of aliphatic carboxylic acids is 1. The Morgan fingerprint density at radius 1 is 1.04 bits per heavy atom. The van der Waals surface area contributed by atoms with E-state index in [-0.39, 0.29) is 24.5 Å². The van der Waals surface area contributed by atoms with Crippen LogP contribution in [0.1, 0.15) is 28.8 Å². The Morgan fingerprint density at radius 2 is 1.74 bits per heavy atom. The molecule has 2 aromatic carbocycles. The smallest absolute Gasteiger partial charge is 0.303 e. The minimum Gasteiger partial charge on any atom is -0.497 e. The summed E-state index contributed by atoms with van der Waals surface area (Å²) in [6, 6.07) is 11.4. The normalized spacial score (nSPS) is 11.0. The van der Waals surface area contributed by atoms with E-state index in [9.17, 15) is 9.59 Å². The second-order valence-electron chi connectivity index (χ2n) is 5.54. The second kappa shape index (κ2) is 9.23. The van der Waals surface area contributed by atoms with Gasteiger partial charge in [-0.15, -0.1) is 0 Å². The van der Waals surface area contributed by atoms with Crippen LogP contribution in [0.5, 0.6) is 11.5 Å². The molecule has 0 fully saturated rings. The van der Waals surface area contributed by atoms with Gasteiger partial charge in [-0.05, 0) is 29.8 Å². The summed E-state index contributed by atoms with van der Waals surface area (Å²) >= 11 is 0. The largest absolute Gasteiger partial charge is 0.497 e. The first-order chi connectivity index (χ1) is 13.0. The van der Waals surface area contributed by atoms with E-state index < -0.39 is 5.97 Å². The molecule has 0 unspecified atom stereocenters. The van der Waals surface area contributed by atoms with Crippen molar-refractivity contribution in [1.82, 2.24) is 0 Å². The molecule has 0 atom stereocenters. The topological polar surface area (TPSA) is 117 Å². The van der Waals surface area contributed by atoms with Crippen LogP contribution in [0.15, 0.2) is 47.6 Å². The Balaban J connectivity index is 2.12. The fraction of sp³-hybridized carbons (Fsp3) is 0.211. The van der Waals surface area contributed by atoms with Gasteiger partial charge in [0.2, 0.25) is 0 Å². The predicted molar refractivity (Wildman–Crippen MR) is 99.1 cm³/mol. The summed E-state index contributed by atoms with van der Waals surface area (Å²) in [4.78, 5) is 23.1. The lowest BCUT2D eigenvalue weighted by Crippen LogP contribution is -2.13. The molecule has 142 valence electrons. The summed E-state index contributed by atoms with van der Waals surface area (Å²) in [5.41, 5.74) is 1.70. The van der Waals surface area contributed by atoms with Crippen molar-refractivity contribution in [3.05, 3.63) is 53.6 Å². The third-order valence-corrected chi connectivity index (χ3v) is 3.83. The molecule has 27 heavy (non-hydrogen) atoms. The van der Waals surface area contributed by atoms with Crippen LogP contribution in [0.4, 0.5) is 5.69 Å². The molecule has 3 N–H and O–H groups in total. The van der Waals surface area contributed by atoms with Crippen molar-refractivity contribution in [3.8, 4) is 11.5 Å². The first-order valence-electron chi connectivity index (χ1n) is 8.05. The number of anilines is 1. The number of nitrogens with one attached hydrogen (secondary N) is 1. The van der Waals surface area contributed by atoms with Crippen molar-refractivity contribution < 1.29 is 29.4 Å². The number of hydrogen-bond donors (Lipinski definition) is 3. The Morgan fingerprint density at radius 3 is 2.30 bits per heavy atom. The van der Waals surface area contributed by atoms with Crippen molar-refractivity contribution in [2.75, 3.05) is 19.5 Å². The SMILES string of the molecule is COc1ccc(C(=O)Nc2ccc(/C(CCC(=O)O)=N\O)cc2)c(OC)c1. The van der Waals surface area contributed by atoms with Crippen molar-refractivity contribution in [1.29, 1.82) is 0 Å². The highest BCUT2D eigenvalue weighted by Crippen LogP contribution is 2.25. The van der Waals surface area contributed by atoms with E-state index in [1.54, 1.807) is 42.5 Å². The molecule has 0 radical (unpaired) electrons. The lowest BCUT2D eigenvalue weighted by atomic mass is 10.1. The van der Waals surface area contributed by atoms with Gasteiger partial charge in [-0.3, -0.25) is 9.59 Å². The first-order valence-corrected chi connectivity index (χ1v) is 8.05. The van der Waals surface area contributed by atoms with Crippen LogP contribution in [0, 0.1) is 0 Å². The van der Waals surface area contributed by atoms with Gasteiger partial charge in [-0.2, -0.15) is 0 Å². The van der Waals surface area contributed by atoms with Gasteiger partial charge in [0, 0.05) is 18.2 Å². The number of rotatable bonds is 8. The summed E-state index contributed by atoms with van der Waals surface area (Å²) in [5, 5.41) is 23.7. The van der Waals surface area contributed by atoms with E-state index in [0.29, 0.717) is 28.3 Å². The number of carboxylic acid groups (broad SMARTS) is 1. The summed E-state index contributed by atoms with van der Waals surface area (Å²) in [6.45, 7) is 0. The predicted octanol–water partition coefficient (Wildman–Crippen LogP) is 3.00. The molecule has 0 aromatic heterocycles. The highest BCUT2D eigenvalue weighted by Gasteiger charge is 2.14. The Hall–Kier alpha value is -3.55. The molecule has 2 aromatic rings. The number of amides is 1. The van der Waals surface area contributed by atoms with Gasteiger partial charge in [-0.1, -0.05) is 17.3 Å². The minimum atomic E-state index is -0.978. The molecular formula is C19H20N2O6. The van der Waals surface area contributed by atoms with E-state index in [4.69, 9.17) is 19.8 Å². The number of nitrogens with zero attached hydrogens (tertiary/aromatic N) is 1. The number of carboxylic acids is 1. The minimum absolute atomic E-state index is 0.0978. The molecular weight excluding hydrogens is 352 g/mol. The number of ether oxygens (including phenoxy) is 2. The van der Waals surface area contributed by atoms with Gasteiger partial charge in [0.05, 0.1) is 31.9 Å². The van der Waals surface area contributed by atoms with Gasteiger partial charge in [0.1, 0.15) is 11.5 Å². The Bertz CT molecular complexity index is 846. The fourth-order valence-electron chi connectivity index (χ4n) is 2.41. The molecule has 0 aliphatic rings. The van der Waals surface area contributed by atoms with Gasteiger partial charge in [0.25, 0.3) is 5.91 Å². The van der Waals surface area contributed by atoms with Crippen LogP contribution in [-0.4, -0.2) is 42.1 Å². The zero-order valence-electron chi connectivity index (χ0n) is 14.9. The van der Waals surface area contributed by atoms with Crippen molar-refractivity contribution in [2.45, 2.75) is 12.8 Å². The standard InChI is InChI=1S/C19H20N2O6/c1-26-14-7-8-15(17(11-14)27-2)19(24)20-13-5-3-12(4-6-13)16(21-25)9-10-18(22)23/h3-8,11,25H,9-10H2,1-2H3,(H,20,24)(H,22,23)/b21-16-. The highest BCUT2D eigenvalue weighted by molar-refractivity contribution is 6.07. The van der Waals surface area contributed by atoms with Crippen LogP contribution >= 0.6 is 0 Å². The number of carbonyl (C=O) groups excluding carboxylic acids is 1. The average molecular weight is 372 g/mol. The van der Waals surface area contributed by atoms with Crippen molar-refractivity contribution in [2.24, 2.45) is 5.16 Å². The quantitative estimate of drug-likeness (QED) is 0.372. The molecule has 0 aliphatic heterocycles. The average Bonchev–Trinajstić information content (AvgIpc) is 2.68. The molecule has 0 spiro atoms. The molecule has 2 rings (SSSR count). The van der Waals surface area contributed by atoms with Crippen LogP contribution in [0.3, 0.4) is 0 Å². The number of oxime groups is 1. The third kappa shape index (κ3) is 5.21. The van der Waals surface area contributed by atoms with E-state index in [1.807, 2.05) is 0 Å². The van der Waals surface area contributed by atoms with Crippen LogP contribution in [-0.2, 0) is 4.79 Å². The Kier molecular flexibility index (Phi) is 6.76. The monoisotopic (exact) mass is 372 g/mol. The maximum atomic E-state index is 12.5. The van der Waals surface area contributed by atoms with Crippen molar-refractivity contribution >= 4 is 23.3 Å². The molecule has 0 saturated carbocycles. The van der Waals surface area contributed by atoms with E-state index in [0.717, 1.165) is 0 Å². The van der Waals surface area contributed by atoms with Gasteiger partial charge in [-0.25, -0.2) is 0 Å². The molecule has 1 amide bonds. The molecule has 0 aliphatic carbocycles. The maximum absolute atomic E-state index is 12.5. The van der Waals surface area contributed by atoms with Gasteiger partial charge >= 0.3 is 5.97 Å². The van der Waals surface area contributed by atoms with Crippen LogP contribution in [0.2, 0.25) is 0 Å². The lowest BCUT2D eigenvalue weighted by Gasteiger charge is -2.11. The number of carbonyl (C=O) groups is 2. The molecule has 8 heteroatoms. The molecule has 8 nitrogen and oxygen atoms in total. The lowest BCUT2D eigenvalue weighted by molar-refractivity contribution is -0.136. The Labute approximate surface area is 156 Å². The summed E-state index contributed by atoms with van der Waals surface area (Å²) in [7, 11) is 2.99. The van der Waals surface area contributed by atoms with E-state index in [2.05, 4.69) is 10.5 Å². The summed E-state index contributed by atoms with van der Waals surface area (Å²) < 4.78 is 10.3. The number of benzene rings is 2. The summed E-state index contributed by atoms with van der Waals surface area (Å²) in [6.07, 6.45) is -0.0459. The van der Waals surface area contributed by atoms with E-state index in [1.165, 1.54) is 14.2 Å². The van der Waals surface area contributed by atoms with Crippen LogP contribution < -0.4 is 14.8 Å². The summed E-state index contributed by atoms with van der Waals surface area (Å²) in [5.74, 6) is -0.380. The maximum Gasteiger partial charge on any atom is 0.303 e. The zero-order valence-corrected chi connectivity index (χ0v) is 14.9. The molecule has 0 heterocycles. The van der Waals surface area contributed by atoms with Gasteiger partial charge in [0.15, 0.2) is 0 Å². The first kappa shape index (κ1) is 19.8. The highest BCUT2D eigenvalue weighted by atomic mass is 16.5. The zero-order chi connectivity index (χ0) is 19.8. The molecule has 0 bridgehead atoms. The fourth-order valence-corrected chi connectivity index (χ4v) is 2.41.